The van der Waals surface area contributed by atoms with Crippen molar-refractivity contribution in [3.05, 3.63) is 71.3 Å². The molecule has 0 heterocycles. The molecule has 0 bridgehead atoms. The summed E-state index contributed by atoms with van der Waals surface area (Å²) in [6.07, 6.45) is -0.407. The van der Waals surface area contributed by atoms with Crippen LogP contribution >= 0.6 is 0 Å². The molecule has 1 atom stereocenters. The number of aliphatic carboxylic acids is 1. The summed E-state index contributed by atoms with van der Waals surface area (Å²) < 4.78 is 26.1. The number of carboxylic acid groups (broad SMARTS) is 1. The van der Waals surface area contributed by atoms with Gasteiger partial charge in [0.15, 0.2) is 0 Å². The Kier molecular flexibility index (Phi) is 5.41. The zero-order chi connectivity index (χ0) is 16.8. The van der Waals surface area contributed by atoms with Crippen LogP contribution in [-0.4, -0.2) is 17.0 Å². The van der Waals surface area contributed by atoms with Crippen LogP contribution in [0.5, 0.6) is 0 Å². The van der Waals surface area contributed by atoms with Crippen molar-refractivity contribution in [2.45, 2.75) is 18.9 Å². The summed E-state index contributed by atoms with van der Waals surface area (Å²) >= 11 is 0. The van der Waals surface area contributed by atoms with Gasteiger partial charge in [0, 0.05) is 0 Å². The topological polar surface area (TPSA) is 66.4 Å². The average molecular weight is 319 g/mol. The molecular weight excluding hydrogens is 304 g/mol. The van der Waals surface area contributed by atoms with E-state index in [1.807, 2.05) is 0 Å². The minimum Gasteiger partial charge on any atom is -0.481 e. The summed E-state index contributed by atoms with van der Waals surface area (Å²) in [5, 5.41) is 11.6. The van der Waals surface area contributed by atoms with Crippen LogP contribution in [0.4, 0.5) is 8.78 Å². The number of amides is 1. The lowest BCUT2D eigenvalue weighted by Crippen LogP contribution is -2.31. The third-order valence-corrected chi connectivity index (χ3v) is 3.24. The molecule has 0 aliphatic rings. The highest BCUT2D eigenvalue weighted by Crippen LogP contribution is 2.18. The summed E-state index contributed by atoms with van der Waals surface area (Å²) in [5.74, 6) is -2.43. The molecule has 2 N–H and O–H groups in total. The van der Waals surface area contributed by atoms with Crippen molar-refractivity contribution in [1.29, 1.82) is 0 Å². The molecule has 0 saturated carbocycles. The standard InChI is InChI=1S/C17H15F2NO3/c18-13-6-4-12(5-7-13)15(10-17(22)23)20-16(21)9-11-2-1-3-14(19)8-11/h1-8,15H,9-10H2,(H,20,21)(H,22,23). The molecule has 2 aromatic carbocycles. The molecule has 0 fully saturated rings. The molecule has 2 aromatic rings. The van der Waals surface area contributed by atoms with Gasteiger partial charge in [0.25, 0.3) is 0 Å². The van der Waals surface area contributed by atoms with Gasteiger partial charge < -0.3 is 10.4 Å². The number of halogens is 2. The Labute approximate surface area is 131 Å². The first kappa shape index (κ1) is 16.6. The molecule has 0 saturated heterocycles. The van der Waals surface area contributed by atoms with Crippen LogP contribution in [-0.2, 0) is 16.0 Å². The number of nitrogens with one attached hydrogen (secondary N) is 1. The number of rotatable bonds is 6. The SMILES string of the molecule is O=C(O)CC(NC(=O)Cc1cccc(F)c1)c1ccc(F)cc1. The van der Waals surface area contributed by atoms with E-state index in [2.05, 4.69) is 5.32 Å². The first-order valence-electron chi connectivity index (χ1n) is 6.95. The molecule has 6 heteroatoms. The second kappa shape index (κ2) is 7.49. The summed E-state index contributed by atoms with van der Waals surface area (Å²) in [6.45, 7) is 0. The number of carbonyl (C=O) groups is 2. The fourth-order valence-corrected chi connectivity index (χ4v) is 2.20. The maximum Gasteiger partial charge on any atom is 0.305 e. The first-order valence-corrected chi connectivity index (χ1v) is 6.95. The minimum atomic E-state index is -1.09. The Morgan fingerprint density at radius 1 is 1.04 bits per heavy atom. The zero-order valence-electron chi connectivity index (χ0n) is 12.1. The van der Waals surface area contributed by atoms with Gasteiger partial charge >= 0.3 is 5.97 Å². The fourth-order valence-electron chi connectivity index (χ4n) is 2.20. The second-order valence-corrected chi connectivity index (χ2v) is 5.08. The molecule has 0 spiro atoms. The van der Waals surface area contributed by atoms with E-state index < -0.39 is 29.6 Å². The summed E-state index contributed by atoms with van der Waals surface area (Å²) in [4.78, 5) is 23.0. The van der Waals surface area contributed by atoms with E-state index in [0.29, 0.717) is 11.1 Å². The van der Waals surface area contributed by atoms with Gasteiger partial charge in [0.1, 0.15) is 11.6 Å². The van der Waals surface area contributed by atoms with Gasteiger partial charge in [-0.15, -0.1) is 0 Å². The Balaban J connectivity index is 2.09. The van der Waals surface area contributed by atoms with Crippen molar-refractivity contribution in [3.8, 4) is 0 Å². The lowest BCUT2D eigenvalue weighted by Gasteiger charge is -2.17. The third-order valence-electron chi connectivity index (χ3n) is 3.24. The van der Waals surface area contributed by atoms with Crippen LogP contribution in [0, 0.1) is 11.6 Å². The fraction of sp³-hybridized carbons (Fsp3) is 0.176. The second-order valence-electron chi connectivity index (χ2n) is 5.08. The van der Waals surface area contributed by atoms with Crippen molar-refractivity contribution in [3.63, 3.8) is 0 Å². The van der Waals surface area contributed by atoms with E-state index in [9.17, 15) is 18.4 Å². The highest BCUT2D eigenvalue weighted by Gasteiger charge is 2.18. The van der Waals surface area contributed by atoms with Crippen molar-refractivity contribution >= 4 is 11.9 Å². The van der Waals surface area contributed by atoms with Gasteiger partial charge in [-0.25, -0.2) is 8.78 Å². The average Bonchev–Trinajstić information content (AvgIpc) is 2.46. The third kappa shape index (κ3) is 5.18. The maximum atomic E-state index is 13.1. The van der Waals surface area contributed by atoms with Gasteiger partial charge in [-0.1, -0.05) is 24.3 Å². The minimum absolute atomic E-state index is 0.0743. The monoisotopic (exact) mass is 319 g/mol. The van der Waals surface area contributed by atoms with E-state index in [1.165, 1.54) is 42.5 Å². The Morgan fingerprint density at radius 2 is 1.74 bits per heavy atom. The van der Waals surface area contributed by atoms with Crippen LogP contribution in [0.2, 0.25) is 0 Å². The largest absolute Gasteiger partial charge is 0.481 e. The smallest absolute Gasteiger partial charge is 0.305 e. The highest BCUT2D eigenvalue weighted by molar-refractivity contribution is 5.80. The molecule has 23 heavy (non-hydrogen) atoms. The number of benzene rings is 2. The summed E-state index contributed by atoms with van der Waals surface area (Å²) in [6, 6.07) is 10.1. The zero-order valence-corrected chi connectivity index (χ0v) is 12.1. The predicted molar refractivity (Wildman–Crippen MR) is 79.6 cm³/mol. The van der Waals surface area contributed by atoms with Gasteiger partial charge in [0.2, 0.25) is 5.91 Å². The van der Waals surface area contributed by atoms with Crippen LogP contribution in [0.25, 0.3) is 0 Å². The molecule has 0 aromatic heterocycles. The highest BCUT2D eigenvalue weighted by atomic mass is 19.1. The number of hydrogen-bond donors (Lipinski definition) is 2. The van der Waals surface area contributed by atoms with Gasteiger partial charge in [0.05, 0.1) is 18.9 Å². The molecule has 0 radical (unpaired) electrons. The first-order chi connectivity index (χ1) is 10.9. The van der Waals surface area contributed by atoms with Gasteiger partial charge in [-0.2, -0.15) is 0 Å². The van der Waals surface area contributed by atoms with E-state index in [1.54, 1.807) is 6.07 Å². The molecule has 0 aliphatic carbocycles. The molecule has 120 valence electrons. The van der Waals surface area contributed by atoms with Crippen molar-refractivity contribution in [1.82, 2.24) is 5.32 Å². The van der Waals surface area contributed by atoms with Crippen LogP contribution in [0.1, 0.15) is 23.6 Å². The normalized spacial score (nSPS) is 11.7. The van der Waals surface area contributed by atoms with Crippen LogP contribution in [0.3, 0.4) is 0 Å². The van der Waals surface area contributed by atoms with E-state index in [4.69, 9.17) is 5.11 Å². The Bertz CT molecular complexity index is 701. The summed E-state index contributed by atoms with van der Waals surface area (Å²) in [5.41, 5.74) is 0.970. The molecule has 1 amide bonds. The lowest BCUT2D eigenvalue weighted by atomic mass is 10.0. The van der Waals surface area contributed by atoms with Crippen LogP contribution in [0.15, 0.2) is 48.5 Å². The van der Waals surface area contributed by atoms with Crippen molar-refractivity contribution < 1.29 is 23.5 Å². The lowest BCUT2D eigenvalue weighted by molar-refractivity contribution is -0.137. The molecule has 0 aliphatic heterocycles. The van der Waals surface area contributed by atoms with Crippen molar-refractivity contribution in [2.75, 3.05) is 0 Å². The molecule has 2 rings (SSSR count). The van der Waals surface area contributed by atoms with E-state index >= 15 is 0 Å². The summed E-state index contributed by atoms with van der Waals surface area (Å²) in [7, 11) is 0. The van der Waals surface area contributed by atoms with Crippen LogP contribution < -0.4 is 5.32 Å². The predicted octanol–water partition coefficient (Wildman–Crippen LogP) is 2.84. The maximum absolute atomic E-state index is 13.1. The van der Waals surface area contributed by atoms with Gasteiger partial charge in [-0.3, -0.25) is 9.59 Å². The number of carbonyl (C=O) groups excluding carboxylic acids is 1. The Hall–Kier alpha value is -2.76. The van der Waals surface area contributed by atoms with Gasteiger partial charge in [-0.05, 0) is 35.4 Å². The quantitative estimate of drug-likeness (QED) is 0.860. The number of hydrogen-bond acceptors (Lipinski definition) is 2. The van der Waals surface area contributed by atoms with Crippen molar-refractivity contribution in [2.24, 2.45) is 0 Å². The molecular formula is C17H15F2NO3. The number of carboxylic acids is 1. The molecule has 1 unspecified atom stereocenters. The Morgan fingerprint density at radius 3 is 2.35 bits per heavy atom. The van der Waals surface area contributed by atoms with E-state index in [0.717, 1.165) is 0 Å². The van der Waals surface area contributed by atoms with E-state index in [-0.39, 0.29) is 12.8 Å². The molecule has 4 nitrogen and oxygen atoms in total.